The van der Waals surface area contributed by atoms with E-state index in [0.29, 0.717) is 10.2 Å². The van der Waals surface area contributed by atoms with Crippen molar-refractivity contribution in [1.29, 1.82) is 0 Å². The molecule has 0 spiro atoms. The van der Waals surface area contributed by atoms with E-state index in [1.807, 2.05) is 63.4 Å². The Morgan fingerprint density at radius 1 is 1.00 bits per heavy atom. The number of nitrogens with one attached hydrogen (secondary N) is 1. The van der Waals surface area contributed by atoms with Gasteiger partial charge in [0, 0.05) is 16.6 Å². The van der Waals surface area contributed by atoms with Crippen molar-refractivity contribution in [2.45, 2.75) is 40.7 Å². The number of thiophene rings is 1. The summed E-state index contributed by atoms with van der Waals surface area (Å²) in [5.74, 6) is -0.250. The lowest BCUT2D eigenvalue weighted by Crippen LogP contribution is -2.32. The number of fused-ring (bicyclic) bond motifs is 1. The second-order valence-corrected chi connectivity index (χ2v) is 8.95. The van der Waals surface area contributed by atoms with E-state index in [2.05, 4.69) is 16.4 Å². The van der Waals surface area contributed by atoms with E-state index < -0.39 is 6.04 Å². The highest BCUT2D eigenvalue weighted by atomic mass is 32.1. The number of rotatable bonds is 4. The van der Waals surface area contributed by atoms with Gasteiger partial charge in [-0.25, -0.2) is 4.98 Å². The summed E-state index contributed by atoms with van der Waals surface area (Å²) in [6.07, 6.45) is 1.47. The first-order valence-electron chi connectivity index (χ1n) is 10.2. The lowest BCUT2D eigenvalue weighted by Gasteiger charge is -2.16. The molecule has 0 fully saturated rings. The van der Waals surface area contributed by atoms with Crippen LogP contribution in [0.25, 0.3) is 21.3 Å². The number of aryl methyl sites for hydroxylation is 4. The van der Waals surface area contributed by atoms with Gasteiger partial charge in [-0.1, -0.05) is 35.9 Å². The van der Waals surface area contributed by atoms with E-state index in [1.165, 1.54) is 27.8 Å². The lowest BCUT2D eigenvalue weighted by atomic mass is 9.99. The molecule has 2 aromatic carbocycles. The number of anilines is 1. The van der Waals surface area contributed by atoms with Crippen molar-refractivity contribution >= 4 is 33.1 Å². The predicted molar refractivity (Wildman–Crippen MR) is 128 cm³/mol. The first-order valence-corrected chi connectivity index (χ1v) is 11.1. The normalized spacial score (nSPS) is 12.2. The Balaban J connectivity index is 1.74. The lowest BCUT2D eigenvalue weighted by molar-refractivity contribution is -0.118. The number of carbonyl (C=O) groups is 1. The van der Waals surface area contributed by atoms with Crippen LogP contribution >= 0.6 is 11.3 Å². The predicted octanol–water partition coefficient (Wildman–Crippen LogP) is 5.56. The zero-order chi connectivity index (χ0) is 22.3. The van der Waals surface area contributed by atoms with Crippen LogP contribution in [0.1, 0.15) is 35.2 Å². The molecule has 1 atom stereocenters. The Labute approximate surface area is 185 Å². The summed E-state index contributed by atoms with van der Waals surface area (Å²) >= 11 is 1.45. The summed E-state index contributed by atoms with van der Waals surface area (Å²) < 4.78 is 1.42. The van der Waals surface area contributed by atoms with Gasteiger partial charge in [0.15, 0.2) is 0 Å². The van der Waals surface area contributed by atoms with Crippen LogP contribution in [0.3, 0.4) is 0 Å². The molecule has 0 bridgehead atoms. The summed E-state index contributed by atoms with van der Waals surface area (Å²) in [6.45, 7) is 9.74. The van der Waals surface area contributed by atoms with Gasteiger partial charge in [0.1, 0.15) is 10.9 Å². The van der Waals surface area contributed by atoms with Crippen LogP contribution < -0.4 is 10.9 Å². The smallest absolute Gasteiger partial charge is 0.263 e. The van der Waals surface area contributed by atoms with Gasteiger partial charge in [0.05, 0.1) is 11.7 Å². The molecule has 31 heavy (non-hydrogen) atoms. The maximum Gasteiger partial charge on any atom is 0.263 e. The third-order valence-electron chi connectivity index (χ3n) is 5.64. The number of carbonyl (C=O) groups excluding carboxylic acids is 1. The molecule has 5 nitrogen and oxygen atoms in total. The van der Waals surface area contributed by atoms with Gasteiger partial charge in [-0.3, -0.25) is 14.2 Å². The average Bonchev–Trinajstić information content (AvgIpc) is 3.15. The number of benzene rings is 2. The average molecular weight is 432 g/mol. The van der Waals surface area contributed by atoms with Crippen molar-refractivity contribution in [3.8, 4) is 11.1 Å². The fraction of sp³-hybridized carbons (Fsp3) is 0.240. The number of nitrogens with zero attached hydrogens (tertiary/aromatic N) is 2. The Hall–Kier alpha value is -3.25. The van der Waals surface area contributed by atoms with E-state index in [4.69, 9.17) is 0 Å². The van der Waals surface area contributed by atoms with Crippen LogP contribution in [0, 0.1) is 27.7 Å². The van der Waals surface area contributed by atoms with E-state index in [9.17, 15) is 9.59 Å². The van der Waals surface area contributed by atoms with Crippen molar-refractivity contribution < 1.29 is 4.79 Å². The topological polar surface area (TPSA) is 64.0 Å². The van der Waals surface area contributed by atoms with Gasteiger partial charge in [0.25, 0.3) is 5.56 Å². The third-order valence-corrected chi connectivity index (χ3v) is 6.53. The van der Waals surface area contributed by atoms with E-state index in [0.717, 1.165) is 33.5 Å². The molecule has 0 aliphatic carbocycles. The molecule has 1 unspecified atom stereocenters. The van der Waals surface area contributed by atoms with Crippen LogP contribution in [-0.4, -0.2) is 15.5 Å². The second kappa shape index (κ2) is 8.12. The first-order chi connectivity index (χ1) is 14.8. The minimum Gasteiger partial charge on any atom is -0.324 e. The van der Waals surface area contributed by atoms with E-state index >= 15 is 0 Å². The summed E-state index contributed by atoms with van der Waals surface area (Å²) in [4.78, 5) is 31.5. The minimum atomic E-state index is -0.698. The molecule has 0 radical (unpaired) electrons. The van der Waals surface area contributed by atoms with Crippen LogP contribution in [0.15, 0.2) is 52.9 Å². The monoisotopic (exact) mass is 431 g/mol. The Kier molecular flexibility index (Phi) is 5.50. The largest absolute Gasteiger partial charge is 0.324 e. The van der Waals surface area contributed by atoms with Gasteiger partial charge >= 0.3 is 0 Å². The summed E-state index contributed by atoms with van der Waals surface area (Å²) in [7, 11) is 0. The highest BCUT2D eigenvalue weighted by Crippen LogP contribution is 2.33. The first kappa shape index (κ1) is 21.0. The molecule has 0 saturated heterocycles. The van der Waals surface area contributed by atoms with Crippen LogP contribution in [-0.2, 0) is 4.79 Å². The highest BCUT2D eigenvalue weighted by Gasteiger charge is 2.21. The van der Waals surface area contributed by atoms with E-state index in [1.54, 1.807) is 6.92 Å². The molecule has 0 saturated carbocycles. The Bertz CT molecular complexity index is 1370. The van der Waals surface area contributed by atoms with Gasteiger partial charge in [-0.2, -0.15) is 0 Å². The maximum absolute atomic E-state index is 13.4. The number of hydrogen-bond donors (Lipinski definition) is 1. The summed E-state index contributed by atoms with van der Waals surface area (Å²) in [5.41, 5.74) is 6.75. The minimum absolute atomic E-state index is 0.204. The van der Waals surface area contributed by atoms with Crippen molar-refractivity contribution in [1.82, 2.24) is 9.55 Å². The molecule has 4 rings (SSSR count). The zero-order valence-electron chi connectivity index (χ0n) is 18.3. The molecule has 6 heteroatoms. The van der Waals surface area contributed by atoms with Crippen molar-refractivity contribution in [2.24, 2.45) is 0 Å². The molecule has 4 aromatic rings. The molecule has 1 amide bonds. The quantitative estimate of drug-likeness (QED) is 0.460. The summed E-state index contributed by atoms with van der Waals surface area (Å²) in [5, 5.41) is 5.49. The maximum atomic E-state index is 13.4. The molecule has 2 aromatic heterocycles. The fourth-order valence-corrected chi connectivity index (χ4v) is 4.67. The van der Waals surface area contributed by atoms with Crippen LogP contribution in [0.4, 0.5) is 5.69 Å². The number of aromatic nitrogens is 2. The van der Waals surface area contributed by atoms with Crippen LogP contribution in [0.5, 0.6) is 0 Å². The zero-order valence-corrected chi connectivity index (χ0v) is 19.1. The fourth-order valence-electron chi connectivity index (χ4n) is 3.77. The SMILES string of the molecule is Cc1ccc(-c2csc3ncn(C(C)C(=O)Nc4cc(C)ccc4C)c(=O)c23)c(C)c1. The highest BCUT2D eigenvalue weighted by molar-refractivity contribution is 7.17. The van der Waals surface area contributed by atoms with Crippen LogP contribution in [0.2, 0.25) is 0 Å². The van der Waals surface area contributed by atoms with Crippen molar-refractivity contribution in [3.63, 3.8) is 0 Å². The van der Waals surface area contributed by atoms with Gasteiger partial charge in [-0.05, 0) is 62.9 Å². The van der Waals surface area contributed by atoms with Crippen molar-refractivity contribution in [2.75, 3.05) is 5.32 Å². The molecule has 1 N–H and O–H groups in total. The second-order valence-electron chi connectivity index (χ2n) is 8.09. The molecule has 0 aliphatic rings. The summed E-state index contributed by atoms with van der Waals surface area (Å²) in [6, 6.07) is 11.4. The van der Waals surface area contributed by atoms with Crippen molar-refractivity contribution in [3.05, 3.63) is 80.7 Å². The van der Waals surface area contributed by atoms with Gasteiger partial charge in [-0.15, -0.1) is 11.3 Å². The molecule has 2 heterocycles. The molecular weight excluding hydrogens is 406 g/mol. The van der Waals surface area contributed by atoms with Gasteiger partial charge in [0.2, 0.25) is 5.91 Å². The Morgan fingerprint density at radius 3 is 2.45 bits per heavy atom. The van der Waals surface area contributed by atoms with Gasteiger partial charge < -0.3 is 5.32 Å². The number of amides is 1. The number of hydrogen-bond acceptors (Lipinski definition) is 4. The molecule has 158 valence electrons. The molecule has 0 aliphatic heterocycles. The Morgan fingerprint density at radius 2 is 1.71 bits per heavy atom. The molecular formula is C25H25N3O2S. The third kappa shape index (κ3) is 3.91. The van der Waals surface area contributed by atoms with E-state index in [-0.39, 0.29) is 11.5 Å². The standard InChI is InChI=1S/C25H25N3O2S/c1-14-7-9-19(17(4)10-14)20-12-31-24-22(20)25(30)28(13-26-24)18(5)23(29)27-21-11-15(2)6-8-16(21)3/h6-13,18H,1-5H3,(H,27,29).